The number of benzene rings is 1. The second-order valence-electron chi connectivity index (χ2n) is 4.36. The molecule has 96 valence electrons. The Hall–Kier alpha value is -0.730. The molecule has 0 atom stereocenters. The monoisotopic (exact) mass is 256 g/mol. The molecule has 0 bridgehead atoms. The van der Waals surface area contributed by atoms with E-state index in [0.29, 0.717) is 5.02 Å². The van der Waals surface area contributed by atoms with Crippen LogP contribution in [-0.4, -0.2) is 19.7 Å². The molecule has 1 rings (SSSR count). The summed E-state index contributed by atoms with van der Waals surface area (Å²) >= 11 is 6.04. The number of nitrogens with two attached hydrogens (primary N) is 1. The molecule has 1 aromatic rings. The van der Waals surface area contributed by atoms with Gasteiger partial charge in [0.05, 0.1) is 24.7 Å². The standard InChI is InChI=1S/C14H22ClNO/c1-3-4-8-16-9-5-10-17-14-11-12(2)6-7-13(14)15/h6-7,11,16H,3-5,8-10H2,1-2H3/p+1. The molecule has 1 aromatic carbocycles. The van der Waals surface area contributed by atoms with Gasteiger partial charge in [0, 0.05) is 6.42 Å². The first-order valence-electron chi connectivity index (χ1n) is 6.44. The van der Waals surface area contributed by atoms with Gasteiger partial charge in [-0.15, -0.1) is 0 Å². The van der Waals surface area contributed by atoms with Gasteiger partial charge >= 0.3 is 0 Å². The molecule has 0 fully saturated rings. The third-order valence-corrected chi connectivity index (χ3v) is 2.97. The minimum absolute atomic E-state index is 0.700. The van der Waals surface area contributed by atoms with E-state index >= 15 is 0 Å². The minimum Gasteiger partial charge on any atom is -0.492 e. The minimum atomic E-state index is 0.700. The first-order chi connectivity index (χ1) is 8.24. The highest BCUT2D eigenvalue weighted by atomic mass is 35.5. The normalized spacial score (nSPS) is 10.5. The molecular formula is C14H23ClNO+. The highest BCUT2D eigenvalue weighted by Crippen LogP contribution is 2.25. The Balaban J connectivity index is 2.15. The van der Waals surface area contributed by atoms with Crippen LogP contribution >= 0.6 is 11.6 Å². The lowest BCUT2D eigenvalue weighted by Gasteiger charge is -2.08. The van der Waals surface area contributed by atoms with E-state index in [0.717, 1.165) is 25.3 Å². The van der Waals surface area contributed by atoms with Crippen LogP contribution in [0.25, 0.3) is 0 Å². The lowest BCUT2D eigenvalue weighted by atomic mass is 10.2. The van der Waals surface area contributed by atoms with Gasteiger partial charge in [-0.05, 0) is 31.0 Å². The molecular weight excluding hydrogens is 234 g/mol. The number of aryl methyl sites for hydroxylation is 1. The van der Waals surface area contributed by atoms with Crippen LogP contribution in [0.4, 0.5) is 0 Å². The number of hydrogen-bond acceptors (Lipinski definition) is 1. The molecule has 2 nitrogen and oxygen atoms in total. The van der Waals surface area contributed by atoms with Crippen LogP contribution in [0.5, 0.6) is 5.75 Å². The summed E-state index contributed by atoms with van der Waals surface area (Å²) < 4.78 is 5.67. The highest BCUT2D eigenvalue weighted by molar-refractivity contribution is 6.32. The summed E-state index contributed by atoms with van der Waals surface area (Å²) in [4.78, 5) is 0. The Labute approximate surface area is 109 Å². The summed E-state index contributed by atoms with van der Waals surface area (Å²) in [7, 11) is 0. The third-order valence-electron chi connectivity index (χ3n) is 2.66. The van der Waals surface area contributed by atoms with Crippen LogP contribution in [0.3, 0.4) is 0 Å². The number of quaternary nitrogens is 1. The van der Waals surface area contributed by atoms with Crippen molar-refractivity contribution in [3.63, 3.8) is 0 Å². The fraction of sp³-hybridized carbons (Fsp3) is 0.571. The molecule has 0 amide bonds. The largest absolute Gasteiger partial charge is 0.492 e. The number of ether oxygens (including phenoxy) is 1. The zero-order chi connectivity index (χ0) is 12.5. The number of rotatable bonds is 8. The molecule has 0 spiro atoms. The number of halogens is 1. The van der Waals surface area contributed by atoms with E-state index in [2.05, 4.69) is 12.2 Å². The van der Waals surface area contributed by atoms with Gasteiger partial charge in [0.1, 0.15) is 5.75 Å². The first-order valence-corrected chi connectivity index (χ1v) is 6.82. The number of hydrogen-bond donors (Lipinski definition) is 1. The molecule has 0 saturated heterocycles. The Bertz CT molecular complexity index is 328. The predicted octanol–water partition coefficient (Wildman–Crippen LogP) is 2.78. The quantitative estimate of drug-likeness (QED) is 0.711. The van der Waals surface area contributed by atoms with E-state index in [4.69, 9.17) is 16.3 Å². The predicted molar refractivity (Wildman–Crippen MR) is 72.9 cm³/mol. The van der Waals surface area contributed by atoms with Crippen molar-refractivity contribution >= 4 is 11.6 Å². The Morgan fingerprint density at radius 2 is 2.00 bits per heavy atom. The maximum atomic E-state index is 6.04. The van der Waals surface area contributed by atoms with Gasteiger partial charge in [-0.1, -0.05) is 31.0 Å². The van der Waals surface area contributed by atoms with Gasteiger partial charge in [0.15, 0.2) is 0 Å². The average molecular weight is 257 g/mol. The molecule has 0 radical (unpaired) electrons. The zero-order valence-electron chi connectivity index (χ0n) is 10.8. The second-order valence-corrected chi connectivity index (χ2v) is 4.76. The van der Waals surface area contributed by atoms with Gasteiger partial charge < -0.3 is 10.1 Å². The summed E-state index contributed by atoms with van der Waals surface area (Å²) in [5.74, 6) is 0.806. The summed E-state index contributed by atoms with van der Waals surface area (Å²) in [6.45, 7) is 7.36. The van der Waals surface area contributed by atoms with Gasteiger partial charge in [0.25, 0.3) is 0 Å². The molecule has 0 saturated carbocycles. The van der Waals surface area contributed by atoms with E-state index < -0.39 is 0 Å². The molecule has 3 heteroatoms. The van der Waals surface area contributed by atoms with Crippen LogP contribution in [0.2, 0.25) is 5.02 Å². The van der Waals surface area contributed by atoms with E-state index in [9.17, 15) is 0 Å². The maximum absolute atomic E-state index is 6.04. The average Bonchev–Trinajstić information content (AvgIpc) is 2.32. The van der Waals surface area contributed by atoms with Gasteiger partial charge in [0.2, 0.25) is 0 Å². The van der Waals surface area contributed by atoms with Crippen LogP contribution in [0.1, 0.15) is 31.7 Å². The van der Waals surface area contributed by atoms with Crippen LogP contribution in [0.15, 0.2) is 18.2 Å². The van der Waals surface area contributed by atoms with Crippen LogP contribution in [-0.2, 0) is 0 Å². The van der Waals surface area contributed by atoms with Crippen molar-refractivity contribution in [3.8, 4) is 5.75 Å². The molecule has 0 heterocycles. The first kappa shape index (κ1) is 14.3. The fourth-order valence-electron chi connectivity index (χ4n) is 1.62. The summed E-state index contributed by atoms with van der Waals surface area (Å²) in [6, 6.07) is 5.87. The Morgan fingerprint density at radius 3 is 2.76 bits per heavy atom. The van der Waals surface area contributed by atoms with Crippen molar-refractivity contribution < 1.29 is 10.1 Å². The van der Waals surface area contributed by atoms with Crippen molar-refractivity contribution in [1.82, 2.24) is 0 Å². The summed E-state index contributed by atoms with van der Waals surface area (Å²) in [6.07, 6.45) is 3.63. The topological polar surface area (TPSA) is 25.8 Å². The smallest absolute Gasteiger partial charge is 0.138 e. The van der Waals surface area contributed by atoms with Crippen molar-refractivity contribution in [1.29, 1.82) is 0 Å². The van der Waals surface area contributed by atoms with Crippen LogP contribution in [0, 0.1) is 6.92 Å². The molecule has 0 aliphatic heterocycles. The van der Waals surface area contributed by atoms with Crippen molar-refractivity contribution in [2.45, 2.75) is 33.1 Å². The van der Waals surface area contributed by atoms with Gasteiger partial charge in [-0.2, -0.15) is 0 Å². The van der Waals surface area contributed by atoms with E-state index in [1.807, 2.05) is 25.1 Å². The van der Waals surface area contributed by atoms with E-state index in [1.54, 1.807) is 0 Å². The second kappa shape index (κ2) is 8.37. The number of unbranched alkanes of at least 4 members (excludes halogenated alkanes) is 1. The summed E-state index contributed by atoms with van der Waals surface area (Å²) in [5, 5.41) is 3.05. The van der Waals surface area contributed by atoms with Crippen molar-refractivity contribution in [2.24, 2.45) is 0 Å². The molecule has 17 heavy (non-hydrogen) atoms. The fourth-order valence-corrected chi connectivity index (χ4v) is 1.80. The van der Waals surface area contributed by atoms with Gasteiger partial charge in [-0.25, -0.2) is 0 Å². The highest BCUT2D eigenvalue weighted by Gasteiger charge is 2.01. The maximum Gasteiger partial charge on any atom is 0.138 e. The Morgan fingerprint density at radius 1 is 1.24 bits per heavy atom. The van der Waals surface area contributed by atoms with E-state index in [1.165, 1.54) is 24.9 Å². The molecule has 2 N–H and O–H groups in total. The van der Waals surface area contributed by atoms with Crippen LogP contribution < -0.4 is 10.1 Å². The zero-order valence-corrected chi connectivity index (χ0v) is 11.6. The Kier molecular flexibility index (Phi) is 7.06. The lowest BCUT2D eigenvalue weighted by molar-refractivity contribution is -0.655. The molecule has 0 aliphatic rings. The van der Waals surface area contributed by atoms with E-state index in [-0.39, 0.29) is 0 Å². The van der Waals surface area contributed by atoms with Crippen molar-refractivity contribution in [3.05, 3.63) is 28.8 Å². The third kappa shape index (κ3) is 5.94. The van der Waals surface area contributed by atoms with Gasteiger partial charge in [-0.3, -0.25) is 0 Å². The van der Waals surface area contributed by atoms with Crippen molar-refractivity contribution in [2.75, 3.05) is 19.7 Å². The SMILES string of the molecule is CCCC[NH2+]CCCOc1cc(C)ccc1Cl. The molecule has 0 aliphatic carbocycles. The lowest BCUT2D eigenvalue weighted by Crippen LogP contribution is -2.84. The molecule has 0 unspecified atom stereocenters. The molecule has 0 aromatic heterocycles. The summed E-state index contributed by atoms with van der Waals surface area (Å²) in [5.41, 5.74) is 1.18.